The van der Waals surface area contributed by atoms with E-state index in [4.69, 9.17) is 38.0 Å². The molecule has 0 fully saturated rings. The summed E-state index contributed by atoms with van der Waals surface area (Å²) in [7, 11) is 3.11. The fraction of sp³-hybridized carbons (Fsp3) is 0.375. The van der Waals surface area contributed by atoms with Crippen LogP contribution in [-0.2, 0) is 16.1 Å². The second-order valence-corrected chi connectivity index (χ2v) is 8.48. The second-order valence-electron chi connectivity index (χ2n) is 7.66. The lowest BCUT2D eigenvalue weighted by molar-refractivity contribution is -0.117. The molecule has 1 aromatic heterocycles. The Labute approximate surface area is 214 Å². The van der Waals surface area contributed by atoms with Crippen molar-refractivity contribution in [2.45, 2.75) is 13.0 Å². The number of carbonyl (C=O) groups is 1. The number of pyridine rings is 1. The van der Waals surface area contributed by atoms with Gasteiger partial charge in [0.2, 0.25) is 0 Å². The van der Waals surface area contributed by atoms with Crippen LogP contribution >= 0.6 is 23.8 Å². The SMILES string of the molecule is COCCOc1cnccc1CNC1=C(C(=S)Nc2cccc(Cl)c2OC)C(=O)NCC1CCO. The number of nitrogens with one attached hydrogen (secondary N) is 3. The minimum Gasteiger partial charge on any atom is -0.493 e. The van der Waals surface area contributed by atoms with Crippen LogP contribution in [0.2, 0.25) is 5.02 Å². The highest BCUT2D eigenvalue weighted by Crippen LogP contribution is 2.33. The number of aliphatic hydroxyl groups is 1. The van der Waals surface area contributed by atoms with Gasteiger partial charge in [-0.05, 0) is 24.6 Å². The van der Waals surface area contributed by atoms with Crippen molar-refractivity contribution in [3.8, 4) is 11.5 Å². The van der Waals surface area contributed by atoms with E-state index in [1.54, 1.807) is 37.7 Å². The Hall–Kier alpha value is -2.92. The average molecular weight is 521 g/mol. The maximum atomic E-state index is 13.0. The molecule has 0 spiro atoms. The fourth-order valence-electron chi connectivity index (χ4n) is 3.70. The number of rotatable bonds is 12. The number of aliphatic hydroxyl groups excluding tert-OH is 1. The highest BCUT2D eigenvalue weighted by molar-refractivity contribution is 7.81. The van der Waals surface area contributed by atoms with Gasteiger partial charge >= 0.3 is 0 Å². The van der Waals surface area contributed by atoms with Gasteiger partial charge in [-0.25, -0.2) is 0 Å². The summed E-state index contributed by atoms with van der Waals surface area (Å²) in [4.78, 5) is 17.3. The largest absolute Gasteiger partial charge is 0.493 e. The number of ether oxygens (including phenoxy) is 3. The molecule has 1 atom stereocenters. The molecule has 0 bridgehead atoms. The molecule has 0 aliphatic carbocycles. The topological polar surface area (TPSA) is 114 Å². The van der Waals surface area contributed by atoms with Crippen LogP contribution in [0.4, 0.5) is 5.69 Å². The molecule has 3 rings (SSSR count). The van der Waals surface area contributed by atoms with Crippen molar-refractivity contribution >= 4 is 40.4 Å². The highest BCUT2D eigenvalue weighted by Gasteiger charge is 2.31. The number of hydrogen-bond acceptors (Lipinski definition) is 8. The number of methoxy groups -OCH3 is 2. The van der Waals surface area contributed by atoms with E-state index < -0.39 is 0 Å². The number of carbonyl (C=O) groups excluding carboxylic acids is 1. The number of anilines is 1. The summed E-state index contributed by atoms with van der Waals surface area (Å²) >= 11 is 11.9. The molecule has 11 heteroatoms. The van der Waals surface area contributed by atoms with E-state index >= 15 is 0 Å². The van der Waals surface area contributed by atoms with Crippen LogP contribution in [0.15, 0.2) is 47.9 Å². The number of halogens is 1. The van der Waals surface area contributed by atoms with Crippen LogP contribution in [0.5, 0.6) is 11.5 Å². The number of hydrogen-bond donors (Lipinski definition) is 4. The molecule has 1 aliphatic heterocycles. The molecular formula is C24H29ClN4O5S. The fourth-order valence-corrected chi connectivity index (χ4v) is 4.27. The van der Waals surface area contributed by atoms with E-state index in [1.165, 1.54) is 7.11 Å². The molecule has 2 aromatic rings. The van der Waals surface area contributed by atoms with Crippen molar-refractivity contribution in [1.82, 2.24) is 15.6 Å². The lowest BCUT2D eigenvalue weighted by Gasteiger charge is -2.30. The second kappa shape index (κ2) is 13.2. The standard InChI is InChI=1S/C24H29ClN4O5S/c1-32-10-11-34-19-14-26-8-6-15(19)12-27-21-16(7-9-30)13-28-23(31)20(21)24(35)29-18-5-3-4-17(25)22(18)33-2/h3-6,8,14,16,27,30H,7,9-13H2,1-2H3,(H,28,31)(H,29,35). The molecule has 188 valence electrons. The van der Waals surface area contributed by atoms with E-state index in [0.29, 0.717) is 66.2 Å². The molecule has 1 amide bonds. The molecule has 0 saturated heterocycles. The first kappa shape index (κ1) is 26.7. The molecule has 9 nitrogen and oxygen atoms in total. The summed E-state index contributed by atoms with van der Waals surface area (Å²) < 4.78 is 16.2. The van der Waals surface area contributed by atoms with Crippen molar-refractivity contribution in [3.63, 3.8) is 0 Å². The van der Waals surface area contributed by atoms with Gasteiger partial charge in [-0.1, -0.05) is 29.9 Å². The third-order valence-corrected chi connectivity index (χ3v) is 6.03. The van der Waals surface area contributed by atoms with E-state index in [1.807, 2.05) is 6.07 Å². The first-order valence-corrected chi connectivity index (χ1v) is 11.8. The average Bonchev–Trinajstić information content (AvgIpc) is 2.85. The van der Waals surface area contributed by atoms with Gasteiger partial charge in [0.25, 0.3) is 5.91 Å². The normalized spacial score (nSPS) is 15.4. The summed E-state index contributed by atoms with van der Waals surface area (Å²) in [5.74, 6) is 0.562. The molecule has 2 heterocycles. The summed E-state index contributed by atoms with van der Waals surface area (Å²) in [6.45, 7) is 1.53. The van der Waals surface area contributed by atoms with Crippen LogP contribution in [0.3, 0.4) is 0 Å². The van der Waals surface area contributed by atoms with Crippen molar-refractivity contribution in [2.24, 2.45) is 5.92 Å². The Morgan fingerprint density at radius 2 is 2.14 bits per heavy atom. The van der Waals surface area contributed by atoms with Gasteiger partial charge in [0.15, 0.2) is 5.75 Å². The summed E-state index contributed by atoms with van der Waals surface area (Å²) in [5, 5.41) is 19.4. The first-order valence-electron chi connectivity index (χ1n) is 11.1. The molecule has 0 radical (unpaired) electrons. The summed E-state index contributed by atoms with van der Waals surface area (Å²) in [6.07, 6.45) is 3.76. The molecule has 1 unspecified atom stereocenters. The summed E-state index contributed by atoms with van der Waals surface area (Å²) in [6, 6.07) is 7.06. The minimum absolute atomic E-state index is 0.0397. The van der Waals surface area contributed by atoms with Gasteiger partial charge in [0, 0.05) is 50.2 Å². The molecular weight excluding hydrogens is 492 g/mol. The molecule has 1 aromatic carbocycles. The lowest BCUT2D eigenvalue weighted by Crippen LogP contribution is -2.44. The molecule has 0 saturated carbocycles. The number of nitrogens with zero attached hydrogens (tertiary/aromatic N) is 1. The predicted octanol–water partition coefficient (Wildman–Crippen LogP) is 2.68. The van der Waals surface area contributed by atoms with E-state index in [-0.39, 0.29) is 23.4 Å². The first-order chi connectivity index (χ1) is 17.0. The smallest absolute Gasteiger partial charge is 0.256 e. The van der Waals surface area contributed by atoms with Gasteiger partial charge in [0.1, 0.15) is 17.3 Å². The maximum Gasteiger partial charge on any atom is 0.256 e. The number of benzene rings is 1. The molecule has 1 aliphatic rings. The Balaban J connectivity index is 1.90. The third kappa shape index (κ3) is 6.82. The predicted molar refractivity (Wildman–Crippen MR) is 138 cm³/mol. The third-order valence-electron chi connectivity index (χ3n) is 5.42. The van der Waals surface area contributed by atoms with Crippen molar-refractivity contribution < 1.29 is 24.1 Å². The molecule has 4 N–H and O–H groups in total. The van der Waals surface area contributed by atoms with Crippen LogP contribution in [0.1, 0.15) is 12.0 Å². The van der Waals surface area contributed by atoms with Crippen LogP contribution < -0.4 is 25.4 Å². The monoisotopic (exact) mass is 520 g/mol. The van der Waals surface area contributed by atoms with Gasteiger partial charge < -0.3 is 35.3 Å². The van der Waals surface area contributed by atoms with Gasteiger partial charge in [0.05, 0.1) is 36.2 Å². The zero-order valence-electron chi connectivity index (χ0n) is 19.6. The van der Waals surface area contributed by atoms with E-state index in [2.05, 4.69) is 20.9 Å². The lowest BCUT2D eigenvalue weighted by atomic mass is 9.92. The van der Waals surface area contributed by atoms with Gasteiger partial charge in [-0.15, -0.1) is 0 Å². The Kier molecular flexibility index (Phi) is 10.1. The van der Waals surface area contributed by atoms with E-state index in [9.17, 15) is 9.90 Å². The maximum absolute atomic E-state index is 13.0. The number of amides is 1. The van der Waals surface area contributed by atoms with E-state index in [0.717, 1.165) is 5.56 Å². The summed E-state index contributed by atoms with van der Waals surface area (Å²) in [5.41, 5.74) is 2.33. The van der Waals surface area contributed by atoms with Crippen molar-refractivity contribution in [3.05, 3.63) is 58.5 Å². The number of para-hydroxylation sites is 1. The van der Waals surface area contributed by atoms with Crippen LogP contribution in [0, 0.1) is 5.92 Å². The minimum atomic E-state index is -0.313. The number of thiocarbonyl (C=S) groups is 1. The quantitative estimate of drug-likeness (QED) is 0.248. The van der Waals surface area contributed by atoms with Gasteiger partial charge in [-0.2, -0.15) is 0 Å². The zero-order chi connectivity index (χ0) is 25.2. The van der Waals surface area contributed by atoms with Gasteiger partial charge in [-0.3, -0.25) is 9.78 Å². The molecule has 35 heavy (non-hydrogen) atoms. The highest BCUT2D eigenvalue weighted by atomic mass is 35.5. The van der Waals surface area contributed by atoms with Crippen LogP contribution in [-0.4, -0.2) is 61.6 Å². The van der Waals surface area contributed by atoms with Crippen molar-refractivity contribution in [2.75, 3.05) is 45.9 Å². The zero-order valence-corrected chi connectivity index (χ0v) is 21.2. The Bertz CT molecular complexity index is 1080. The Morgan fingerprint density at radius 3 is 2.89 bits per heavy atom. The number of aromatic nitrogens is 1. The van der Waals surface area contributed by atoms with Crippen LogP contribution in [0.25, 0.3) is 0 Å². The van der Waals surface area contributed by atoms with Crippen molar-refractivity contribution in [1.29, 1.82) is 0 Å². The Morgan fingerprint density at radius 1 is 1.31 bits per heavy atom.